The van der Waals surface area contributed by atoms with Crippen LogP contribution < -0.4 is 24.8 Å². The highest BCUT2D eigenvalue weighted by Gasteiger charge is 2.31. The van der Waals surface area contributed by atoms with E-state index in [0.717, 1.165) is 15.9 Å². The smallest absolute Gasteiger partial charge is 0.234 e. The Hall–Kier alpha value is -4.46. The SMILES string of the molecule is CN(C)c1ccc2c(-c3cc(N4C(=O)CCC4=O)ccc3C(=O)[O-])c3ccc(=[N+](C)C)cc-3oc2c1. The number of carbonyl (C=O) groups excluding carboxylic acids is 3. The molecule has 2 aromatic carbocycles. The van der Waals surface area contributed by atoms with Crippen molar-refractivity contribution in [2.45, 2.75) is 12.8 Å². The highest BCUT2D eigenvalue weighted by molar-refractivity contribution is 6.20. The summed E-state index contributed by atoms with van der Waals surface area (Å²) >= 11 is 0. The molecule has 0 N–H and O–H groups in total. The van der Waals surface area contributed by atoms with Crippen LogP contribution in [0.1, 0.15) is 23.2 Å². The lowest BCUT2D eigenvalue weighted by molar-refractivity contribution is -0.254. The number of carboxylic acids is 1. The maximum atomic E-state index is 12.4. The van der Waals surface area contributed by atoms with E-state index in [-0.39, 0.29) is 30.2 Å². The predicted molar refractivity (Wildman–Crippen MR) is 136 cm³/mol. The maximum absolute atomic E-state index is 12.4. The lowest BCUT2D eigenvalue weighted by atomic mass is 9.90. The third kappa shape index (κ3) is 3.80. The molecule has 2 heterocycles. The Bertz CT molecular complexity index is 1600. The molecule has 0 aromatic heterocycles. The molecular formula is C28H25N3O5. The number of imide groups is 1. The normalized spacial score (nSPS) is 13.6. The number of hydrogen-bond acceptors (Lipinski definition) is 6. The summed E-state index contributed by atoms with van der Waals surface area (Å²) in [7, 11) is 7.70. The molecule has 8 nitrogen and oxygen atoms in total. The minimum Gasteiger partial charge on any atom is -0.545 e. The molecule has 182 valence electrons. The van der Waals surface area contributed by atoms with Crippen molar-refractivity contribution >= 4 is 40.1 Å². The number of anilines is 2. The second kappa shape index (κ2) is 8.64. The van der Waals surface area contributed by atoms with Crippen LogP contribution in [0.3, 0.4) is 0 Å². The average Bonchev–Trinajstić information content (AvgIpc) is 3.18. The molecule has 5 rings (SSSR count). The summed E-state index contributed by atoms with van der Waals surface area (Å²) in [4.78, 5) is 40.2. The second-order valence-electron chi connectivity index (χ2n) is 9.27. The number of carbonyl (C=O) groups is 3. The number of aromatic carboxylic acids is 1. The lowest BCUT2D eigenvalue weighted by Gasteiger charge is -2.22. The molecule has 0 spiro atoms. The summed E-state index contributed by atoms with van der Waals surface area (Å²) in [6.07, 6.45) is 0.264. The van der Waals surface area contributed by atoms with Crippen molar-refractivity contribution in [3.63, 3.8) is 0 Å². The largest absolute Gasteiger partial charge is 0.545 e. The van der Waals surface area contributed by atoms with E-state index >= 15 is 0 Å². The van der Waals surface area contributed by atoms with Crippen molar-refractivity contribution in [3.8, 4) is 22.5 Å². The first-order valence-electron chi connectivity index (χ1n) is 11.6. The zero-order valence-corrected chi connectivity index (χ0v) is 20.5. The van der Waals surface area contributed by atoms with Crippen LogP contribution in [-0.2, 0) is 9.59 Å². The van der Waals surface area contributed by atoms with Gasteiger partial charge >= 0.3 is 0 Å². The van der Waals surface area contributed by atoms with Crippen LogP contribution in [0.15, 0.2) is 59.0 Å². The van der Waals surface area contributed by atoms with E-state index in [2.05, 4.69) is 0 Å². The molecule has 2 amide bonds. The summed E-state index contributed by atoms with van der Waals surface area (Å²) in [5.41, 5.74) is 3.46. The van der Waals surface area contributed by atoms with Crippen LogP contribution in [0.25, 0.3) is 33.4 Å². The van der Waals surface area contributed by atoms with Gasteiger partial charge in [-0.25, -0.2) is 4.58 Å². The fourth-order valence-electron chi connectivity index (χ4n) is 4.63. The molecule has 1 aliphatic carbocycles. The van der Waals surface area contributed by atoms with Crippen LogP contribution in [-0.4, -0.2) is 46.0 Å². The van der Waals surface area contributed by atoms with E-state index < -0.39 is 5.97 Å². The molecule has 36 heavy (non-hydrogen) atoms. The van der Waals surface area contributed by atoms with Gasteiger partial charge in [0.2, 0.25) is 17.2 Å². The first-order valence-corrected chi connectivity index (χ1v) is 11.6. The van der Waals surface area contributed by atoms with Gasteiger partial charge in [0.15, 0.2) is 0 Å². The van der Waals surface area contributed by atoms with E-state index in [0.29, 0.717) is 39.1 Å². The Morgan fingerprint density at radius 1 is 0.944 bits per heavy atom. The Kier molecular flexibility index (Phi) is 5.59. The number of amides is 2. The molecule has 0 radical (unpaired) electrons. The lowest BCUT2D eigenvalue weighted by Crippen LogP contribution is -2.29. The molecule has 0 bridgehead atoms. The van der Waals surface area contributed by atoms with Gasteiger partial charge < -0.3 is 19.2 Å². The van der Waals surface area contributed by atoms with Crippen molar-refractivity contribution < 1.29 is 23.9 Å². The first-order chi connectivity index (χ1) is 17.2. The van der Waals surface area contributed by atoms with E-state index in [4.69, 9.17) is 4.42 Å². The summed E-state index contributed by atoms with van der Waals surface area (Å²) in [6.45, 7) is 0. The van der Waals surface area contributed by atoms with Crippen molar-refractivity contribution in [3.05, 3.63) is 65.5 Å². The third-order valence-corrected chi connectivity index (χ3v) is 6.52. The molecule has 1 fully saturated rings. The molecule has 1 saturated heterocycles. The summed E-state index contributed by atoms with van der Waals surface area (Å²) < 4.78 is 8.27. The molecule has 2 aliphatic heterocycles. The second-order valence-corrected chi connectivity index (χ2v) is 9.27. The van der Waals surface area contributed by atoms with Gasteiger partial charge in [-0.15, -0.1) is 0 Å². The Labute approximate surface area is 207 Å². The minimum absolute atomic E-state index is 0.0417. The van der Waals surface area contributed by atoms with Crippen LogP contribution in [0.4, 0.5) is 11.4 Å². The van der Waals surface area contributed by atoms with E-state index in [9.17, 15) is 19.5 Å². The Balaban J connectivity index is 1.90. The fraction of sp³-hybridized carbons (Fsp3) is 0.214. The van der Waals surface area contributed by atoms with E-state index in [1.165, 1.54) is 12.1 Å². The molecule has 0 unspecified atom stereocenters. The van der Waals surface area contributed by atoms with Gasteiger partial charge in [0.25, 0.3) is 0 Å². The highest BCUT2D eigenvalue weighted by Crippen LogP contribution is 2.43. The van der Waals surface area contributed by atoms with Gasteiger partial charge in [0.1, 0.15) is 25.4 Å². The van der Waals surface area contributed by atoms with Crippen molar-refractivity contribution in [2.24, 2.45) is 0 Å². The number of nitrogens with zero attached hydrogens (tertiary/aromatic N) is 3. The van der Waals surface area contributed by atoms with Gasteiger partial charge in [0.05, 0.1) is 17.7 Å². The number of carboxylic acid groups (broad SMARTS) is 1. The van der Waals surface area contributed by atoms with Gasteiger partial charge in [0, 0.05) is 66.8 Å². The van der Waals surface area contributed by atoms with Gasteiger partial charge in [-0.05, 0) is 35.9 Å². The van der Waals surface area contributed by atoms with Crippen molar-refractivity contribution in [1.29, 1.82) is 0 Å². The minimum atomic E-state index is -1.35. The molecule has 2 aromatic rings. The fourth-order valence-corrected chi connectivity index (χ4v) is 4.63. The maximum Gasteiger partial charge on any atom is 0.234 e. The van der Waals surface area contributed by atoms with Crippen LogP contribution in [0.5, 0.6) is 0 Å². The van der Waals surface area contributed by atoms with Gasteiger partial charge in [-0.3, -0.25) is 14.5 Å². The zero-order chi connectivity index (χ0) is 25.7. The molecule has 0 atom stereocenters. The quantitative estimate of drug-likeness (QED) is 0.251. The van der Waals surface area contributed by atoms with E-state index in [1.54, 1.807) is 6.07 Å². The first kappa shape index (κ1) is 23.3. The highest BCUT2D eigenvalue weighted by atomic mass is 16.4. The molecule has 0 saturated carbocycles. The topological polar surface area (TPSA) is 96.9 Å². The average molecular weight is 484 g/mol. The predicted octanol–water partition coefficient (Wildman–Crippen LogP) is 2.32. The summed E-state index contributed by atoms with van der Waals surface area (Å²) in [5.74, 6) is -1.40. The monoisotopic (exact) mass is 483 g/mol. The number of rotatable bonds is 4. The Morgan fingerprint density at radius 3 is 2.31 bits per heavy atom. The standard InChI is InChI=1S/C28H25N3O5/c1-29(2)16-5-9-20-23(14-16)36-24-15-17(30(3)4)6-10-21(24)27(20)22-13-18(7-8-19(22)28(34)35)31-25(32)11-12-26(31)33/h5-10,13-15H,11-12H2,1-4H3. The number of fused-ring (bicyclic) bond motifs is 2. The zero-order valence-electron chi connectivity index (χ0n) is 20.5. The summed E-state index contributed by atoms with van der Waals surface area (Å²) in [5, 5.41) is 13.8. The molecular weight excluding hydrogens is 458 g/mol. The Morgan fingerprint density at radius 2 is 1.67 bits per heavy atom. The van der Waals surface area contributed by atoms with Crippen LogP contribution in [0, 0.1) is 0 Å². The van der Waals surface area contributed by atoms with Crippen molar-refractivity contribution in [2.75, 3.05) is 38.0 Å². The van der Waals surface area contributed by atoms with Gasteiger partial charge in [-0.1, -0.05) is 6.07 Å². The van der Waals surface area contributed by atoms with Crippen LogP contribution in [0.2, 0.25) is 0 Å². The third-order valence-electron chi connectivity index (χ3n) is 6.52. The molecule has 3 aliphatic rings. The number of benzene rings is 3. The van der Waals surface area contributed by atoms with E-state index in [1.807, 2.05) is 74.1 Å². The summed E-state index contributed by atoms with van der Waals surface area (Å²) in [6, 6.07) is 15.9. The number of hydrogen-bond donors (Lipinski definition) is 0. The van der Waals surface area contributed by atoms with Gasteiger partial charge in [-0.2, -0.15) is 0 Å². The molecule has 8 heteroatoms. The van der Waals surface area contributed by atoms with Crippen molar-refractivity contribution in [1.82, 2.24) is 4.58 Å². The van der Waals surface area contributed by atoms with Crippen LogP contribution >= 0.6 is 0 Å².